The Hall–Kier alpha value is -3.49. The van der Waals surface area contributed by atoms with Crippen molar-refractivity contribution in [2.45, 2.75) is 6.42 Å². The van der Waals surface area contributed by atoms with Crippen molar-refractivity contribution in [3.63, 3.8) is 0 Å². The van der Waals surface area contributed by atoms with E-state index in [1.54, 1.807) is 12.1 Å². The monoisotopic (exact) mass is 375 g/mol. The minimum atomic E-state index is -0.658. The number of carbonyl (C=O) groups excluding carboxylic acids is 2. The number of halogens is 1. The molecule has 9 heteroatoms. The summed E-state index contributed by atoms with van der Waals surface area (Å²) in [6.45, 7) is -0.00598. The molecular formula is C18H18FN3O5. The molecule has 2 aromatic carbocycles. The van der Waals surface area contributed by atoms with E-state index in [2.05, 4.69) is 10.6 Å². The van der Waals surface area contributed by atoms with Crippen LogP contribution in [0.5, 0.6) is 5.75 Å². The number of nitro benzene ring substituents is 1. The standard InChI is InChI=1S/C18H18FN3O5/c1-27-16-6-5-13(10-15(16)22(25)26)18(24)21-11-17(23)20-8-7-12-3-2-4-14(19)9-12/h2-6,9-10H,7-8,11H2,1H3,(H,20,23)(H,21,24). The van der Waals surface area contributed by atoms with E-state index in [9.17, 15) is 24.1 Å². The molecule has 8 nitrogen and oxygen atoms in total. The van der Waals surface area contributed by atoms with E-state index < -0.39 is 16.7 Å². The lowest BCUT2D eigenvalue weighted by molar-refractivity contribution is -0.385. The summed E-state index contributed by atoms with van der Waals surface area (Å²) in [4.78, 5) is 34.2. The molecule has 0 unspecified atom stereocenters. The van der Waals surface area contributed by atoms with Crippen molar-refractivity contribution >= 4 is 17.5 Å². The maximum atomic E-state index is 13.1. The van der Waals surface area contributed by atoms with Crippen LogP contribution in [0, 0.1) is 15.9 Å². The molecular weight excluding hydrogens is 357 g/mol. The molecule has 0 saturated heterocycles. The largest absolute Gasteiger partial charge is 0.490 e. The molecule has 0 aliphatic carbocycles. The van der Waals surface area contributed by atoms with Crippen LogP contribution >= 0.6 is 0 Å². The third-order valence-electron chi connectivity index (χ3n) is 3.67. The Labute approximate surface area is 154 Å². The molecule has 142 valence electrons. The number of methoxy groups -OCH3 is 1. The van der Waals surface area contributed by atoms with Crippen molar-refractivity contribution in [3.05, 3.63) is 69.5 Å². The zero-order chi connectivity index (χ0) is 19.8. The molecule has 27 heavy (non-hydrogen) atoms. The SMILES string of the molecule is COc1ccc(C(=O)NCC(=O)NCCc2cccc(F)c2)cc1[N+](=O)[O-]. The van der Waals surface area contributed by atoms with Gasteiger partial charge in [0.2, 0.25) is 5.91 Å². The van der Waals surface area contributed by atoms with Gasteiger partial charge in [0.25, 0.3) is 5.91 Å². The zero-order valence-corrected chi connectivity index (χ0v) is 14.5. The number of nitro groups is 1. The number of benzene rings is 2. The molecule has 0 bridgehead atoms. The Balaban J connectivity index is 1.83. The quantitative estimate of drug-likeness (QED) is 0.540. The topological polar surface area (TPSA) is 111 Å². The van der Waals surface area contributed by atoms with E-state index in [0.717, 1.165) is 11.6 Å². The molecule has 0 aliphatic heterocycles. The first-order chi connectivity index (χ1) is 12.9. The summed E-state index contributed by atoms with van der Waals surface area (Å²) in [7, 11) is 1.29. The van der Waals surface area contributed by atoms with E-state index in [1.807, 2.05) is 0 Å². The molecule has 0 heterocycles. The van der Waals surface area contributed by atoms with E-state index in [4.69, 9.17) is 4.74 Å². The van der Waals surface area contributed by atoms with Crippen LogP contribution in [-0.2, 0) is 11.2 Å². The lowest BCUT2D eigenvalue weighted by Gasteiger charge is -2.08. The lowest BCUT2D eigenvalue weighted by atomic mass is 10.1. The van der Waals surface area contributed by atoms with Crippen LogP contribution in [0.2, 0.25) is 0 Å². The second-order valence-corrected chi connectivity index (χ2v) is 5.56. The Morgan fingerprint density at radius 1 is 1.19 bits per heavy atom. The molecule has 0 radical (unpaired) electrons. The minimum absolute atomic E-state index is 0.0339. The van der Waals surface area contributed by atoms with Gasteiger partial charge in [-0.25, -0.2) is 4.39 Å². The van der Waals surface area contributed by atoms with Crippen LogP contribution in [0.15, 0.2) is 42.5 Å². The fourth-order valence-electron chi connectivity index (χ4n) is 2.34. The molecule has 2 amide bonds. The molecule has 0 aromatic heterocycles. The number of nitrogens with zero attached hydrogens (tertiary/aromatic N) is 1. The van der Waals surface area contributed by atoms with Gasteiger partial charge < -0.3 is 15.4 Å². The summed E-state index contributed by atoms with van der Waals surface area (Å²) < 4.78 is 17.9. The van der Waals surface area contributed by atoms with Gasteiger partial charge >= 0.3 is 5.69 Å². The second-order valence-electron chi connectivity index (χ2n) is 5.56. The second kappa shape index (κ2) is 9.27. The molecule has 2 N–H and O–H groups in total. The first-order valence-electron chi connectivity index (χ1n) is 8.02. The Kier molecular flexibility index (Phi) is 6.81. The van der Waals surface area contributed by atoms with Gasteiger partial charge in [0, 0.05) is 18.2 Å². The number of rotatable bonds is 8. The average molecular weight is 375 g/mol. The number of carbonyl (C=O) groups is 2. The van der Waals surface area contributed by atoms with E-state index >= 15 is 0 Å². The van der Waals surface area contributed by atoms with Crippen molar-refractivity contribution in [2.75, 3.05) is 20.2 Å². The summed E-state index contributed by atoms with van der Waals surface area (Å²) >= 11 is 0. The maximum Gasteiger partial charge on any atom is 0.311 e. The van der Waals surface area contributed by atoms with Gasteiger partial charge in [-0.05, 0) is 36.2 Å². The van der Waals surface area contributed by atoms with Crippen LogP contribution < -0.4 is 15.4 Å². The van der Waals surface area contributed by atoms with Crippen LogP contribution in [0.25, 0.3) is 0 Å². The Bertz CT molecular complexity index is 857. The van der Waals surface area contributed by atoms with Gasteiger partial charge in [-0.1, -0.05) is 12.1 Å². The van der Waals surface area contributed by atoms with Crippen LogP contribution in [0.3, 0.4) is 0 Å². The predicted octanol–water partition coefficient (Wildman–Crippen LogP) is 1.83. The summed E-state index contributed by atoms with van der Waals surface area (Å²) in [6.07, 6.45) is 0.447. The summed E-state index contributed by atoms with van der Waals surface area (Å²) in [6, 6.07) is 9.80. The number of hydrogen-bond acceptors (Lipinski definition) is 5. The van der Waals surface area contributed by atoms with Crippen LogP contribution in [0.1, 0.15) is 15.9 Å². The summed E-state index contributed by atoms with van der Waals surface area (Å²) in [5.41, 5.74) is 0.435. The molecule has 2 rings (SSSR count). The van der Waals surface area contributed by atoms with Crippen molar-refractivity contribution in [3.8, 4) is 5.75 Å². The van der Waals surface area contributed by atoms with E-state index in [0.29, 0.717) is 6.42 Å². The lowest BCUT2D eigenvalue weighted by Crippen LogP contribution is -2.37. The average Bonchev–Trinajstić information content (AvgIpc) is 2.65. The third-order valence-corrected chi connectivity index (χ3v) is 3.67. The maximum absolute atomic E-state index is 13.1. The summed E-state index contributed by atoms with van der Waals surface area (Å²) in [5, 5.41) is 16.0. The van der Waals surface area contributed by atoms with Gasteiger partial charge in [0.05, 0.1) is 18.6 Å². The van der Waals surface area contributed by atoms with Gasteiger partial charge in [-0.2, -0.15) is 0 Å². The van der Waals surface area contributed by atoms with Gasteiger partial charge in [0.1, 0.15) is 5.82 Å². The van der Waals surface area contributed by atoms with Crippen molar-refractivity contribution in [1.29, 1.82) is 0 Å². The van der Waals surface area contributed by atoms with E-state index in [-0.39, 0.29) is 35.9 Å². The van der Waals surface area contributed by atoms with Crippen molar-refractivity contribution < 1.29 is 23.6 Å². The molecule has 0 fully saturated rings. The highest BCUT2D eigenvalue weighted by molar-refractivity contribution is 5.97. The van der Waals surface area contributed by atoms with Gasteiger partial charge in [-0.15, -0.1) is 0 Å². The van der Waals surface area contributed by atoms with Crippen LogP contribution in [-0.4, -0.2) is 36.9 Å². The fourth-order valence-corrected chi connectivity index (χ4v) is 2.34. The smallest absolute Gasteiger partial charge is 0.311 e. The number of nitrogens with one attached hydrogen (secondary N) is 2. The minimum Gasteiger partial charge on any atom is -0.490 e. The predicted molar refractivity (Wildman–Crippen MR) is 95.1 cm³/mol. The highest BCUT2D eigenvalue weighted by atomic mass is 19.1. The molecule has 0 atom stereocenters. The zero-order valence-electron chi connectivity index (χ0n) is 14.5. The highest BCUT2D eigenvalue weighted by Crippen LogP contribution is 2.27. The Morgan fingerprint density at radius 2 is 1.96 bits per heavy atom. The van der Waals surface area contributed by atoms with E-state index in [1.165, 1.54) is 31.4 Å². The molecule has 0 aliphatic rings. The molecule has 2 aromatic rings. The van der Waals surface area contributed by atoms with Crippen LogP contribution in [0.4, 0.5) is 10.1 Å². The third kappa shape index (κ3) is 5.77. The fraction of sp³-hybridized carbons (Fsp3) is 0.222. The van der Waals surface area contributed by atoms with Gasteiger partial charge in [-0.3, -0.25) is 19.7 Å². The summed E-state index contributed by atoms with van der Waals surface area (Å²) in [5.74, 6) is -1.37. The molecule has 0 spiro atoms. The first kappa shape index (κ1) is 19.8. The van der Waals surface area contributed by atoms with Crippen molar-refractivity contribution in [2.24, 2.45) is 0 Å². The first-order valence-corrected chi connectivity index (χ1v) is 8.02. The molecule has 0 saturated carbocycles. The van der Waals surface area contributed by atoms with Crippen molar-refractivity contribution in [1.82, 2.24) is 10.6 Å². The van der Waals surface area contributed by atoms with Gasteiger partial charge in [0.15, 0.2) is 5.75 Å². The normalized spacial score (nSPS) is 10.1. The highest BCUT2D eigenvalue weighted by Gasteiger charge is 2.18. The number of amides is 2. The number of hydrogen-bond donors (Lipinski definition) is 2. The Morgan fingerprint density at radius 3 is 2.63 bits per heavy atom. The number of ether oxygens (including phenoxy) is 1.